The van der Waals surface area contributed by atoms with Gasteiger partial charge >= 0.3 is 18.2 Å². The number of hydrogen-bond donors (Lipinski definition) is 2. The van der Waals surface area contributed by atoms with Crippen molar-refractivity contribution in [2.45, 2.75) is 6.18 Å². The molecule has 1 saturated heterocycles. The molecule has 1 heterocycles. The predicted octanol–water partition coefficient (Wildman–Crippen LogP) is 2.69. The molecular formula is C13H11F5N2O3. The standard InChI is InChI=1S/C13H11F5N2O3/c14-6-1-2-10(9(15)3-6)19-12(23)20-4-7(11(21)22)8(5-20)13(16,17)18/h1-3,7-8H,4-5H2,(H,19,23)(H,21,22)/t7-,8-/m1/s1. The van der Waals surface area contributed by atoms with Gasteiger partial charge in [0.2, 0.25) is 0 Å². The number of carbonyl (C=O) groups excluding carboxylic acids is 1. The lowest BCUT2D eigenvalue weighted by molar-refractivity contribution is -0.187. The first-order valence-corrected chi connectivity index (χ1v) is 6.40. The number of rotatable bonds is 2. The van der Waals surface area contributed by atoms with Gasteiger partial charge in [-0.3, -0.25) is 4.79 Å². The Bertz CT molecular complexity index is 635. The normalized spacial score (nSPS) is 21.3. The molecule has 2 amide bonds. The summed E-state index contributed by atoms with van der Waals surface area (Å²) >= 11 is 0. The highest BCUT2D eigenvalue weighted by atomic mass is 19.4. The number of anilines is 1. The van der Waals surface area contributed by atoms with Crippen LogP contribution >= 0.6 is 0 Å². The molecule has 5 nitrogen and oxygen atoms in total. The maximum absolute atomic E-state index is 13.4. The first kappa shape index (κ1) is 17.0. The first-order chi connectivity index (χ1) is 10.6. The minimum Gasteiger partial charge on any atom is -0.481 e. The van der Waals surface area contributed by atoms with Gasteiger partial charge in [0.15, 0.2) is 0 Å². The second-order valence-corrected chi connectivity index (χ2v) is 5.05. The summed E-state index contributed by atoms with van der Waals surface area (Å²) in [5.41, 5.74) is -0.418. The average Bonchev–Trinajstić information content (AvgIpc) is 2.87. The zero-order chi connectivity index (χ0) is 17.4. The molecule has 0 spiro atoms. The van der Waals surface area contributed by atoms with Crippen molar-refractivity contribution in [1.82, 2.24) is 4.90 Å². The number of halogens is 5. The van der Waals surface area contributed by atoms with E-state index >= 15 is 0 Å². The summed E-state index contributed by atoms with van der Waals surface area (Å²) in [7, 11) is 0. The van der Waals surface area contributed by atoms with Crippen molar-refractivity contribution in [3.05, 3.63) is 29.8 Å². The van der Waals surface area contributed by atoms with Gasteiger partial charge in [-0.25, -0.2) is 13.6 Å². The molecule has 0 aromatic heterocycles. The van der Waals surface area contributed by atoms with Gasteiger partial charge in [-0.1, -0.05) is 0 Å². The third-order valence-electron chi connectivity index (χ3n) is 3.52. The van der Waals surface area contributed by atoms with Crippen LogP contribution in [0.25, 0.3) is 0 Å². The molecule has 1 aromatic rings. The number of likely N-dealkylation sites (tertiary alicyclic amines) is 1. The number of urea groups is 1. The van der Waals surface area contributed by atoms with Crippen LogP contribution in [0.15, 0.2) is 18.2 Å². The van der Waals surface area contributed by atoms with Crippen LogP contribution in [0.5, 0.6) is 0 Å². The van der Waals surface area contributed by atoms with Gasteiger partial charge < -0.3 is 15.3 Å². The number of carbonyl (C=O) groups is 2. The number of alkyl halides is 3. The van der Waals surface area contributed by atoms with E-state index in [9.17, 15) is 31.5 Å². The Morgan fingerprint density at radius 2 is 1.87 bits per heavy atom. The van der Waals surface area contributed by atoms with Crippen LogP contribution < -0.4 is 5.32 Å². The van der Waals surface area contributed by atoms with Crippen LogP contribution in [0.2, 0.25) is 0 Å². The van der Waals surface area contributed by atoms with Crippen molar-refractivity contribution in [2.24, 2.45) is 11.8 Å². The molecule has 2 rings (SSSR count). The molecule has 23 heavy (non-hydrogen) atoms. The molecule has 126 valence electrons. The highest BCUT2D eigenvalue weighted by molar-refractivity contribution is 5.90. The summed E-state index contributed by atoms with van der Waals surface area (Å²) < 4.78 is 64.6. The van der Waals surface area contributed by atoms with Crippen molar-refractivity contribution in [2.75, 3.05) is 18.4 Å². The number of carboxylic acids is 1. The van der Waals surface area contributed by atoms with Crippen LogP contribution in [0, 0.1) is 23.5 Å². The lowest BCUT2D eigenvalue weighted by Gasteiger charge is -2.18. The molecule has 0 saturated carbocycles. The maximum Gasteiger partial charge on any atom is 0.394 e. The highest BCUT2D eigenvalue weighted by Crippen LogP contribution is 2.37. The summed E-state index contributed by atoms with van der Waals surface area (Å²) in [5, 5.41) is 10.8. The average molecular weight is 338 g/mol. The molecule has 1 fully saturated rings. The molecular weight excluding hydrogens is 327 g/mol. The summed E-state index contributed by atoms with van der Waals surface area (Å²) in [4.78, 5) is 23.4. The quantitative estimate of drug-likeness (QED) is 0.815. The van der Waals surface area contributed by atoms with Gasteiger partial charge in [-0.15, -0.1) is 0 Å². The van der Waals surface area contributed by atoms with E-state index in [4.69, 9.17) is 5.11 Å². The van der Waals surface area contributed by atoms with Crippen LogP contribution in [0.3, 0.4) is 0 Å². The molecule has 0 bridgehead atoms. The Labute approximate surface area is 126 Å². The Kier molecular flexibility index (Phi) is 4.44. The summed E-state index contributed by atoms with van der Waals surface area (Å²) in [6.45, 7) is -1.51. The first-order valence-electron chi connectivity index (χ1n) is 6.40. The number of amides is 2. The van der Waals surface area contributed by atoms with Crippen molar-refractivity contribution >= 4 is 17.7 Å². The molecule has 0 radical (unpaired) electrons. The van der Waals surface area contributed by atoms with E-state index in [-0.39, 0.29) is 0 Å². The fourth-order valence-electron chi connectivity index (χ4n) is 2.34. The zero-order valence-corrected chi connectivity index (χ0v) is 11.4. The van der Waals surface area contributed by atoms with E-state index in [0.29, 0.717) is 11.0 Å². The second-order valence-electron chi connectivity index (χ2n) is 5.05. The molecule has 1 aliphatic rings. The van der Waals surface area contributed by atoms with Crippen LogP contribution in [0.4, 0.5) is 32.4 Å². The van der Waals surface area contributed by atoms with Gasteiger partial charge in [0.05, 0.1) is 17.5 Å². The molecule has 0 aliphatic carbocycles. The van der Waals surface area contributed by atoms with E-state index in [1.807, 2.05) is 5.32 Å². The number of benzene rings is 1. The van der Waals surface area contributed by atoms with Crippen molar-refractivity contribution < 1.29 is 36.6 Å². The monoisotopic (exact) mass is 338 g/mol. The number of nitrogens with one attached hydrogen (secondary N) is 1. The lowest BCUT2D eigenvalue weighted by atomic mass is 9.96. The second kappa shape index (κ2) is 6.01. The van der Waals surface area contributed by atoms with E-state index in [0.717, 1.165) is 12.1 Å². The highest BCUT2D eigenvalue weighted by Gasteiger charge is 2.53. The molecule has 2 atom stereocenters. The van der Waals surface area contributed by atoms with Gasteiger partial charge in [0, 0.05) is 19.2 Å². The maximum atomic E-state index is 13.4. The smallest absolute Gasteiger partial charge is 0.394 e. The van der Waals surface area contributed by atoms with E-state index < -0.39 is 60.4 Å². The number of aliphatic carboxylic acids is 1. The van der Waals surface area contributed by atoms with E-state index in [2.05, 4.69) is 0 Å². The van der Waals surface area contributed by atoms with E-state index in [1.54, 1.807) is 0 Å². The SMILES string of the molecule is O=C(O)[C@@H]1CN(C(=O)Nc2ccc(F)cc2F)C[C@H]1C(F)(F)F. The Morgan fingerprint density at radius 3 is 2.35 bits per heavy atom. The van der Waals surface area contributed by atoms with Gasteiger partial charge in [-0.05, 0) is 12.1 Å². The van der Waals surface area contributed by atoms with Crippen molar-refractivity contribution in [3.8, 4) is 0 Å². The molecule has 1 aromatic carbocycles. The van der Waals surface area contributed by atoms with E-state index in [1.165, 1.54) is 0 Å². The molecule has 1 aliphatic heterocycles. The molecule has 0 unspecified atom stereocenters. The minimum absolute atomic E-state index is 0.418. The fraction of sp³-hybridized carbons (Fsp3) is 0.385. The Morgan fingerprint density at radius 1 is 1.22 bits per heavy atom. The lowest BCUT2D eigenvalue weighted by Crippen LogP contribution is -2.35. The van der Waals surface area contributed by atoms with Crippen LogP contribution in [-0.2, 0) is 4.79 Å². The number of nitrogens with zero attached hydrogens (tertiary/aromatic N) is 1. The summed E-state index contributed by atoms with van der Waals surface area (Å²) in [5.74, 6) is -7.65. The Hall–Kier alpha value is -2.39. The van der Waals surface area contributed by atoms with Gasteiger partial charge in [0.1, 0.15) is 11.6 Å². The third kappa shape index (κ3) is 3.69. The molecule has 10 heteroatoms. The van der Waals surface area contributed by atoms with Crippen molar-refractivity contribution in [1.29, 1.82) is 0 Å². The number of hydrogen-bond acceptors (Lipinski definition) is 2. The van der Waals surface area contributed by atoms with Gasteiger partial charge in [-0.2, -0.15) is 13.2 Å². The number of carboxylic acid groups (broad SMARTS) is 1. The minimum atomic E-state index is -4.78. The third-order valence-corrected chi connectivity index (χ3v) is 3.52. The largest absolute Gasteiger partial charge is 0.481 e. The topological polar surface area (TPSA) is 69.6 Å². The summed E-state index contributed by atoms with van der Waals surface area (Å²) in [6, 6.07) is 1.18. The van der Waals surface area contributed by atoms with Crippen molar-refractivity contribution in [3.63, 3.8) is 0 Å². The van der Waals surface area contributed by atoms with Crippen LogP contribution in [-0.4, -0.2) is 41.3 Å². The Balaban J connectivity index is 2.13. The molecule has 2 N–H and O–H groups in total. The summed E-state index contributed by atoms with van der Waals surface area (Å²) in [6.07, 6.45) is -4.78. The van der Waals surface area contributed by atoms with Crippen LogP contribution in [0.1, 0.15) is 0 Å². The van der Waals surface area contributed by atoms with Gasteiger partial charge in [0.25, 0.3) is 0 Å². The zero-order valence-electron chi connectivity index (χ0n) is 11.4. The predicted molar refractivity (Wildman–Crippen MR) is 67.6 cm³/mol. The fourth-order valence-corrected chi connectivity index (χ4v) is 2.34.